The molecule has 1 spiro atoms. The topological polar surface area (TPSA) is 30.5 Å². The number of hydrogen-bond acceptors (Lipinski definition) is 3. The summed E-state index contributed by atoms with van der Waals surface area (Å²) in [5.41, 5.74) is 0. The third kappa shape index (κ3) is 4.57. The van der Waals surface area contributed by atoms with E-state index in [4.69, 9.17) is 9.47 Å². The van der Waals surface area contributed by atoms with Crippen LogP contribution in [0.5, 0.6) is 0 Å². The van der Waals surface area contributed by atoms with Gasteiger partial charge in [-0.15, -0.1) is 0 Å². The van der Waals surface area contributed by atoms with Gasteiger partial charge in [-0.2, -0.15) is 0 Å². The zero-order chi connectivity index (χ0) is 12.7. The Bertz CT molecular complexity index is 190. The average Bonchev–Trinajstić information content (AvgIpc) is 2.80. The van der Waals surface area contributed by atoms with Gasteiger partial charge in [0.05, 0.1) is 13.2 Å². The Morgan fingerprint density at radius 2 is 1.65 bits per heavy atom. The lowest BCUT2D eigenvalue weighted by molar-refractivity contribution is -0.179. The molecule has 102 valence electrons. The highest BCUT2D eigenvalue weighted by atomic mass is 16.7. The van der Waals surface area contributed by atoms with Gasteiger partial charge < -0.3 is 14.8 Å². The fourth-order valence-electron chi connectivity index (χ4n) is 2.45. The van der Waals surface area contributed by atoms with Gasteiger partial charge in [0.1, 0.15) is 0 Å². The molecule has 2 rings (SSSR count). The lowest BCUT2D eigenvalue weighted by Crippen LogP contribution is -2.42. The van der Waals surface area contributed by atoms with Crippen LogP contribution in [0.25, 0.3) is 0 Å². The van der Waals surface area contributed by atoms with Crippen LogP contribution >= 0.6 is 0 Å². The molecule has 0 radical (unpaired) electrons. The smallest absolute Gasteiger partial charge is 0.168 e. The van der Waals surface area contributed by atoms with E-state index in [1.54, 1.807) is 0 Å². The monoisotopic (exact) mass is 243 g/mol. The van der Waals surface area contributed by atoms with Crippen LogP contribution in [0.1, 0.15) is 53.4 Å². The second-order valence-electron chi connectivity index (χ2n) is 5.18. The molecule has 0 unspecified atom stereocenters. The van der Waals surface area contributed by atoms with Crippen LogP contribution in [0.2, 0.25) is 0 Å². The minimum Gasteiger partial charge on any atom is -0.348 e. The highest BCUT2D eigenvalue weighted by molar-refractivity contribution is 4.85. The van der Waals surface area contributed by atoms with Gasteiger partial charge in [-0.05, 0) is 25.3 Å². The zero-order valence-electron chi connectivity index (χ0n) is 11.9. The summed E-state index contributed by atoms with van der Waals surface area (Å²) < 4.78 is 11.4. The van der Waals surface area contributed by atoms with E-state index in [0.29, 0.717) is 6.04 Å². The Morgan fingerprint density at radius 1 is 1.12 bits per heavy atom. The predicted octanol–water partition coefficient (Wildman–Crippen LogP) is 2.94. The van der Waals surface area contributed by atoms with Crippen molar-refractivity contribution in [1.29, 1.82) is 0 Å². The maximum absolute atomic E-state index is 5.71. The van der Waals surface area contributed by atoms with Gasteiger partial charge >= 0.3 is 0 Å². The van der Waals surface area contributed by atoms with Crippen LogP contribution in [-0.4, -0.2) is 31.6 Å². The molecule has 2 aliphatic rings. The summed E-state index contributed by atoms with van der Waals surface area (Å²) >= 11 is 0. The predicted molar refractivity (Wildman–Crippen MR) is 71.1 cm³/mol. The Hall–Kier alpha value is -0.120. The van der Waals surface area contributed by atoms with Crippen molar-refractivity contribution in [3.05, 3.63) is 0 Å². The molecule has 1 aliphatic heterocycles. The third-order valence-corrected chi connectivity index (χ3v) is 3.38. The molecule has 2 fully saturated rings. The second-order valence-corrected chi connectivity index (χ2v) is 5.18. The Balaban J connectivity index is 0.000000686. The van der Waals surface area contributed by atoms with E-state index in [0.717, 1.165) is 38.5 Å². The van der Waals surface area contributed by atoms with Crippen molar-refractivity contribution in [3.8, 4) is 0 Å². The molecule has 1 heterocycles. The Kier molecular flexibility index (Phi) is 6.45. The molecule has 0 aromatic rings. The first-order chi connectivity index (χ1) is 8.20. The minimum absolute atomic E-state index is 0.198. The van der Waals surface area contributed by atoms with Crippen LogP contribution in [0.3, 0.4) is 0 Å². The first-order valence-corrected chi connectivity index (χ1v) is 7.21. The standard InChI is InChI=1S/C12H23NO2.C2H6/c1-10(2)9-13-11-3-5-12(6-4-11)14-7-8-15-12;1-2/h10-11,13H,3-9H2,1-2H3;1-2H3. The van der Waals surface area contributed by atoms with Crippen LogP contribution in [0.4, 0.5) is 0 Å². The lowest BCUT2D eigenvalue weighted by Gasteiger charge is -2.35. The highest BCUT2D eigenvalue weighted by Gasteiger charge is 2.39. The number of rotatable bonds is 3. The molecule has 0 bridgehead atoms. The van der Waals surface area contributed by atoms with E-state index in [-0.39, 0.29) is 5.79 Å². The molecule has 3 heteroatoms. The Morgan fingerprint density at radius 3 is 2.12 bits per heavy atom. The maximum Gasteiger partial charge on any atom is 0.168 e. The molecular weight excluding hydrogens is 214 g/mol. The van der Waals surface area contributed by atoms with Gasteiger partial charge in [0.25, 0.3) is 0 Å². The molecule has 0 amide bonds. The lowest BCUT2D eigenvalue weighted by atomic mass is 9.90. The average molecular weight is 243 g/mol. The maximum atomic E-state index is 5.71. The summed E-state index contributed by atoms with van der Waals surface area (Å²) in [7, 11) is 0. The highest BCUT2D eigenvalue weighted by Crippen LogP contribution is 2.35. The van der Waals surface area contributed by atoms with E-state index in [1.165, 1.54) is 12.8 Å². The van der Waals surface area contributed by atoms with Crippen molar-refractivity contribution < 1.29 is 9.47 Å². The van der Waals surface area contributed by atoms with Crippen LogP contribution in [0.15, 0.2) is 0 Å². The number of hydrogen-bond donors (Lipinski definition) is 1. The Labute approximate surface area is 106 Å². The number of nitrogens with one attached hydrogen (secondary N) is 1. The van der Waals surface area contributed by atoms with Gasteiger partial charge in [0.15, 0.2) is 5.79 Å². The molecule has 0 aromatic carbocycles. The van der Waals surface area contributed by atoms with E-state index in [1.807, 2.05) is 13.8 Å². The van der Waals surface area contributed by atoms with Crippen LogP contribution < -0.4 is 5.32 Å². The van der Waals surface area contributed by atoms with Gasteiger partial charge in [0.2, 0.25) is 0 Å². The summed E-state index contributed by atoms with van der Waals surface area (Å²) in [5, 5.41) is 3.62. The molecule has 3 nitrogen and oxygen atoms in total. The fraction of sp³-hybridized carbons (Fsp3) is 1.00. The summed E-state index contributed by atoms with van der Waals surface area (Å²) in [4.78, 5) is 0. The molecule has 1 saturated heterocycles. The van der Waals surface area contributed by atoms with Gasteiger partial charge in [-0.1, -0.05) is 27.7 Å². The first kappa shape index (κ1) is 14.9. The molecule has 17 heavy (non-hydrogen) atoms. The van der Waals surface area contributed by atoms with E-state index in [9.17, 15) is 0 Å². The zero-order valence-corrected chi connectivity index (χ0v) is 11.9. The van der Waals surface area contributed by atoms with Crippen LogP contribution in [-0.2, 0) is 9.47 Å². The molecule has 1 aliphatic carbocycles. The minimum atomic E-state index is -0.198. The largest absolute Gasteiger partial charge is 0.348 e. The van der Waals surface area contributed by atoms with Crippen molar-refractivity contribution in [2.75, 3.05) is 19.8 Å². The molecular formula is C14H29NO2. The fourth-order valence-corrected chi connectivity index (χ4v) is 2.45. The normalized spacial score (nSPS) is 23.8. The van der Waals surface area contributed by atoms with Gasteiger partial charge in [0, 0.05) is 18.9 Å². The van der Waals surface area contributed by atoms with Crippen molar-refractivity contribution in [3.63, 3.8) is 0 Å². The second kappa shape index (κ2) is 7.34. The summed E-state index contributed by atoms with van der Waals surface area (Å²) in [5.74, 6) is 0.538. The molecule has 1 saturated carbocycles. The third-order valence-electron chi connectivity index (χ3n) is 3.38. The van der Waals surface area contributed by atoms with Crippen molar-refractivity contribution in [2.24, 2.45) is 5.92 Å². The SMILES string of the molecule is CC.CC(C)CNC1CCC2(CC1)OCCO2. The van der Waals surface area contributed by atoms with Gasteiger partial charge in [-0.25, -0.2) is 0 Å². The molecule has 0 atom stereocenters. The quantitative estimate of drug-likeness (QED) is 0.826. The molecule has 0 aromatic heterocycles. The van der Waals surface area contributed by atoms with Crippen molar-refractivity contribution in [2.45, 2.75) is 65.2 Å². The summed E-state index contributed by atoms with van der Waals surface area (Å²) in [6, 6.07) is 0.672. The van der Waals surface area contributed by atoms with E-state index in [2.05, 4.69) is 19.2 Å². The van der Waals surface area contributed by atoms with Crippen molar-refractivity contribution in [1.82, 2.24) is 5.32 Å². The van der Waals surface area contributed by atoms with Crippen LogP contribution in [0, 0.1) is 5.92 Å². The van der Waals surface area contributed by atoms with E-state index < -0.39 is 0 Å². The molecule has 1 N–H and O–H groups in total. The first-order valence-electron chi connectivity index (χ1n) is 7.21. The van der Waals surface area contributed by atoms with E-state index >= 15 is 0 Å². The summed E-state index contributed by atoms with van der Waals surface area (Å²) in [6.07, 6.45) is 4.49. The van der Waals surface area contributed by atoms with Gasteiger partial charge in [-0.3, -0.25) is 0 Å². The van der Waals surface area contributed by atoms with Crippen molar-refractivity contribution >= 4 is 0 Å². The number of ether oxygens (including phenoxy) is 2. The summed E-state index contributed by atoms with van der Waals surface area (Å²) in [6.45, 7) is 11.2.